The van der Waals surface area contributed by atoms with Crippen LogP contribution in [0.2, 0.25) is 0 Å². The summed E-state index contributed by atoms with van der Waals surface area (Å²) in [4.78, 5) is 15.2. The van der Waals surface area contributed by atoms with Crippen molar-refractivity contribution in [3.05, 3.63) is 72.3 Å². The summed E-state index contributed by atoms with van der Waals surface area (Å²) in [6.07, 6.45) is 3.21. The van der Waals surface area contributed by atoms with Crippen LogP contribution in [0.15, 0.2) is 61.2 Å². The predicted molar refractivity (Wildman–Crippen MR) is 102 cm³/mol. The minimum Gasteiger partial charge on any atom is -0.326 e. The van der Waals surface area contributed by atoms with Crippen molar-refractivity contribution in [2.75, 3.05) is 5.32 Å². The number of rotatable bonds is 6. The Kier molecular flexibility index (Phi) is 5.43. The highest BCUT2D eigenvalue weighted by atomic mass is 16.1. The van der Waals surface area contributed by atoms with Crippen molar-refractivity contribution in [2.45, 2.75) is 32.9 Å². The second kappa shape index (κ2) is 7.93. The zero-order chi connectivity index (χ0) is 18.5. The van der Waals surface area contributed by atoms with E-state index >= 15 is 0 Å². The zero-order valence-corrected chi connectivity index (χ0v) is 15.2. The fourth-order valence-corrected chi connectivity index (χ4v) is 2.93. The molecule has 1 amide bonds. The molecule has 0 saturated carbocycles. The largest absolute Gasteiger partial charge is 0.326 e. The first-order valence-corrected chi connectivity index (χ1v) is 8.61. The Morgan fingerprint density at radius 3 is 2.38 bits per heavy atom. The number of aromatic nitrogens is 3. The molecule has 3 rings (SSSR count). The molecule has 6 heteroatoms. The second-order valence-electron chi connectivity index (χ2n) is 6.35. The molecule has 26 heavy (non-hydrogen) atoms. The number of hydrogen-bond donors (Lipinski definition) is 2. The first-order chi connectivity index (χ1) is 12.5. The van der Waals surface area contributed by atoms with Crippen molar-refractivity contribution in [3.8, 4) is 5.69 Å². The minimum atomic E-state index is -0.0685. The molecular formula is C20H23N5O. The lowest BCUT2D eigenvalue weighted by atomic mass is 10.0. The van der Waals surface area contributed by atoms with E-state index in [1.165, 1.54) is 18.8 Å². The lowest BCUT2D eigenvalue weighted by Crippen LogP contribution is -2.22. The standard InChI is InChI=1S/C20H23N5O/c1-14(17-6-4-8-19(10-17)24-16(3)26)23-15(2)18-7-5-9-20(11-18)25-13-21-12-22-25/h4-15,23H,1-3H3,(H,24,26)/t14-,15-/m0/s1. The molecule has 3 aromatic rings. The molecule has 1 heterocycles. The molecule has 0 saturated heterocycles. The molecule has 2 aromatic carbocycles. The van der Waals surface area contributed by atoms with Gasteiger partial charge in [-0.15, -0.1) is 0 Å². The molecule has 0 aliphatic carbocycles. The van der Waals surface area contributed by atoms with Crippen LogP contribution in [0.3, 0.4) is 0 Å². The summed E-state index contributed by atoms with van der Waals surface area (Å²) in [7, 11) is 0. The van der Waals surface area contributed by atoms with Crippen LogP contribution in [-0.4, -0.2) is 20.7 Å². The number of hydrogen-bond acceptors (Lipinski definition) is 4. The van der Waals surface area contributed by atoms with Gasteiger partial charge in [-0.25, -0.2) is 9.67 Å². The lowest BCUT2D eigenvalue weighted by Gasteiger charge is -2.22. The molecule has 0 radical (unpaired) electrons. The Bertz CT molecular complexity index is 875. The van der Waals surface area contributed by atoms with Crippen LogP contribution in [0.4, 0.5) is 5.69 Å². The fraction of sp³-hybridized carbons (Fsp3) is 0.250. The Hall–Kier alpha value is -2.99. The molecule has 1 aromatic heterocycles. The van der Waals surface area contributed by atoms with Gasteiger partial charge in [-0.3, -0.25) is 4.79 Å². The normalized spacial score (nSPS) is 13.2. The molecule has 2 atom stereocenters. The Balaban J connectivity index is 1.72. The van der Waals surface area contributed by atoms with E-state index < -0.39 is 0 Å². The average molecular weight is 349 g/mol. The summed E-state index contributed by atoms with van der Waals surface area (Å²) in [5.41, 5.74) is 4.08. The van der Waals surface area contributed by atoms with Gasteiger partial charge >= 0.3 is 0 Å². The van der Waals surface area contributed by atoms with E-state index in [-0.39, 0.29) is 18.0 Å². The van der Waals surface area contributed by atoms with Gasteiger partial charge in [0.1, 0.15) is 12.7 Å². The molecule has 0 unspecified atom stereocenters. The molecule has 0 aliphatic heterocycles. The summed E-state index contributed by atoms with van der Waals surface area (Å²) < 4.78 is 1.75. The fourth-order valence-electron chi connectivity index (χ4n) is 2.93. The maximum absolute atomic E-state index is 11.2. The van der Waals surface area contributed by atoms with Gasteiger partial charge in [-0.1, -0.05) is 24.3 Å². The van der Waals surface area contributed by atoms with Crippen LogP contribution in [0.25, 0.3) is 5.69 Å². The van der Waals surface area contributed by atoms with Crippen LogP contribution in [-0.2, 0) is 4.79 Å². The summed E-state index contributed by atoms with van der Waals surface area (Å²) in [6.45, 7) is 5.76. The zero-order valence-electron chi connectivity index (χ0n) is 15.2. The topological polar surface area (TPSA) is 71.8 Å². The van der Waals surface area contributed by atoms with Gasteiger partial charge in [0, 0.05) is 24.7 Å². The third-order valence-electron chi connectivity index (χ3n) is 4.26. The van der Waals surface area contributed by atoms with Crippen LogP contribution in [0.5, 0.6) is 0 Å². The summed E-state index contributed by atoms with van der Waals surface area (Å²) in [5.74, 6) is -0.0685. The number of carbonyl (C=O) groups is 1. The van der Waals surface area contributed by atoms with E-state index in [1.54, 1.807) is 11.0 Å². The van der Waals surface area contributed by atoms with Crippen molar-refractivity contribution in [1.82, 2.24) is 20.1 Å². The molecule has 134 valence electrons. The van der Waals surface area contributed by atoms with Gasteiger partial charge in [0.05, 0.1) is 5.69 Å². The van der Waals surface area contributed by atoms with Crippen LogP contribution in [0.1, 0.15) is 44.0 Å². The highest BCUT2D eigenvalue weighted by molar-refractivity contribution is 5.88. The predicted octanol–water partition coefficient (Wildman–Crippen LogP) is 3.64. The van der Waals surface area contributed by atoms with Gasteiger partial charge in [0.25, 0.3) is 0 Å². The maximum atomic E-state index is 11.2. The number of benzene rings is 2. The first kappa shape index (κ1) is 17.8. The smallest absolute Gasteiger partial charge is 0.221 e. The number of amides is 1. The molecule has 0 bridgehead atoms. The van der Waals surface area contributed by atoms with Crippen LogP contribution >= 0.6 is 0 Å². The number of anilines is 1. The van der Waals surface area contributed by atoms with E-state index in [9.17, 15) is 4.79 Å². The molecule has 2 N–H and O–H groups in total. The van der Waals surface area contributed by atoms with Crippen molar-refractivity contribution in [1.29, 1.82) is 0 Å². The van der Waals surface area contributed by atoms with E-state index in [2.05, 4.69) is 52.8 Å². The summed E-state index contributed by atoms with van der Waals surface area (Å²) in [5, 5.41) is 10.6. The molecular weight excluding hydrogens is 326 g/mol. The van der Waals surface area contributed by atoms with E-state index in [4.69, 9.17) is 0 Å². The van der Waals surface area contributed by atoms with E-state index in [0.717, 1.165) is 16.9 Å². The molecule has 6 nitrogen and oxygen atoms in total. The third-order valence-corrected chi connectivity index (χ3v) is 4.26. The van der Waals surface area contributed by atoms with Gasteiger partial charge in [0.2, 0.25) is 5.91 Å². The molecule has 0 spiro atoms. The number of carbonyl (C=O) groups excluding carboxylic acids is 1. The average Bonchev–Trinajstić information content (AvgIpc) is 3.16. The van der Waals surface area contributed by atoms with E-state index in [0.29, 0.717) is 0 Å². The lowest BCUT2D eigenvalue weighted by molar-refractivity contribution is -0.114. The number of nitrogens with one attached hydrogen (secondary N) is 2. The van der Waals surface area contributed by atoms with Crippen molar-refractivity contribution in [2.24, 2.45) is 0 Å². The highest BCUT2D eigenvalue weighted by Gasteiger charge is 2.12. The van der Waals surface area contributed by atoms with Crippen molar-refractivity contribution >= 4 is 11.6 Å². The van der Waals surface area contributed by atoms with E-state index in [1.807, 2.05) is 30.3 Å². The Labute approximate surface area is 153 Å². The van der Waals surface area contributed by atoms with Gasteiger partial charge in [0.15, 0.2) is 0 Å². The first-order valence-electron chi connectivity index (χ1n) is 8.61. The van der Waals surface area contributed by atoms with Gasteiger partial charge in [-0.2, -0.15) is 5.10 Å². The van der Waals surface area contributed by atoms with Crippen molar-refractivity contribution < 1.29 is 4.79 Å². The van der Waals surface area contributed by atoms with Crippen molar-refractivity contribution in [3.63, 3.8) is 0 Å². The minimum absolute atomic E-state index is 0.0685. The maximum Gasteiger partial charge on any atom is 0.221 e. The Morgan fingerprint density at radius 1 is 1.04 bits per heavy atom. The molecule has 0 fully saturated rings. The highest BCUT2D eigenvalue weighted by Crippen LogP contribution is 2.23. The second-order valence-corrected chi connectivity index (χ2v) is 6.35. The number of nitrogens with zero attached hydrogens (tertiary/aromatic N) is 3. The van der Waals surface area contributed by atoms with Crippen LogP contribution in [0, 0.1) is 0 Å². The summed E-state index contributed by atoms with van der Waals surface area (Å²) >= 11 is 0. The molecule has 0 aliphatic rings. The van der Waals surface area contributed by atoms with Gasteiger partial charge in [-0.05, 0) is 49.2 Å². The summed E-state index contributed by atoms with van der Waals surface area (Å²) in [6, 6.07) is 16.4. The Morgan fingerprint density at radius 2 is 1.73 bits per heavy atom. The van der Waals surface area contributed by atoms with Gasteiger partial charge < -0.3 is 10.6 Å². The quantitative estimate of drug-likeness (QED) is 0.713. The third kappa shape index (κ3) is 4.34. The van der Waals surface area contributed by atoms with Crippen LogP contribution < -0.4 is 10.6 Å². The monoisotopic (exact) mass is 349 g/mol. The SMILES string of the molecule is CC(=O)Nc1cccc([C@H](C)N[C@@H](C)c2cccc(-n3cncn3)c2)c1.